The van der Waals surface area contributed by atoms with Crippen LogP contribution in [0.15, 0.2) is 29.1 Å². The number of aromatic nitrogens is 3. The number of hydrogen-bond donors (Lipinski definition) is 0. The number of carbonyl (C=O) groups is 2. The lowest BCUT2D eigenvalue weighted by atomic mass is 10.1. The number of halogens is 3. The van der Waals surface area contributed by atoms with Crippen LogP contribution in [-0.2, 0) is 19.8 Å². The van der Waals surface area contributed by atoms with E-state index in [-0.39, 0.29) is 19.5 Å². The van der Waals surface area contributed by atoms with Crippen molar-refractivity contribution in [3.63, 3.8) is 0 Å². The molecule has 0 fully saturated rings. The van der Waals surface area contributed by atoms with Crippen molar-refractivity contribution in [3.05, 3.63) is 51.7 Å². The number of carbonyl (C=O) groups excluding carboxylic acids is 2. The van der Waals surface area contributed by atoms with Gasteiger partial charge in [-0.05, 0) is 18.6 Å². The van der Waals surface area contributed by atoms with Gasteiger partial charge in [0.05, 0.1) is 11.1 Å². The number of benzene rings is 1. The molecule has 0 spiro atoms. The number of imide groups is 1. The summed E-state index contributed by atoms with van der Waals surface area (Å²) in [5, 5.41) is 3.28. The average molecular weight is 354 g/mol. The van der Waals surface area contributed by atoms with Crippen molar-refractivity contribution in [2.45, 2.75) is 19.1 Å². The standard InChI is InChI=1S/C15H13F3N4O3/c1-20-13(15(16,17)18)19-22(14(20)25)8-4-7-21-11(23)9-5-2-3-6-10(9)12(21)24/h2-3,5-6H,4,7-8H2,1H3. The van der Waals surface area contributed by atoms with Crippen LogP contribution in [-0.4, -0.2) is 37.6 Å². The van der Waals surface area contributed by atoms with Crippen molar-refractivity contribution in [3.8, 4) is 0 Å². The van der Waals surface area contributed by atoms with Crippen LogP contribution in [0.25, 0.3) is 0 Å². The molecular weight excluding hydrogens is 341 g/mol. The maximum atomic E-state index is 12.7. The van der Waals surface area contributed by atoms with Gasteiger partial charge in [0.1, 0.15) is 0 Å². The minimum absolute atomic E-state index is 0.0172. The summed E-state index contributed by atoms with van der Waals surface area (Å²) in [6.45, 7) is -0.160. The first-order valence-corrected chi connectivity index (χ1v) is 7.38. The lowest BCUT2D eigenvalue weighted by molar-refractivity contribution is -0.147. The predicted octanol–water partition coefficient (Wildman–Crippen LogP) is 1.29. The van der Waals surface area contributed by atoms with Crippen molar-refractivity contribution in [2.24, 2.45) is 7.05 Å². The Morgan fingerprint density at radius 1 is 1.00 bits per heavy atom. The number of fused-ring (bicyclic) bond motifs is 1. The van der Waals surface area contributed by atoms with Gasteiger partial charge in [-0.1, -0.05) is 12.1 Å². The molecule has 1 aromatic heterocycles. The van der Waals surface area contributed by atoms with E-state index in [4.69, 9.17) is 0 Å². The normalized spacial score (nSPS) is 14.3. The molecule has 0 bridgehead atoms. The molecule has 0 atom stereocenters. The Labute approximate surface area is 139 Å². The minimum Gasteiger partial charge on any atom is -0.274 e. The second-order valence-electron chi connectivity index (χ2n) is 5.55. The highest BCUT2D eigenvalue weighted by Crippen LogP contribution is 2.26. The molecule has 1 aromatic carbocycles. The summed E-state index contributed by atoms with van der Waals surface area (Å²) >= 11 is 0. The summed E-state index contributed by atoms with van der Waals surface area (Å²) in [5.74, 6) is -2.20. The third-order valence-electron chi connectivity index (χ3n) is 3.92. The topological polar surface area (TPSA) is 77.2 Å². The van der Waals surface area contributed by atoms with E-state index in [1.54, 1.807) is 12.1 Å². The Morgan fingerprint density at radius 2 is 1.56 bits per heavy atom. The number of aryl methyl sites for hydroxylation is 1. The van der Waals surface area contributed by atoms with E-state index >= 15 is 0 Å². The van der Waals surface area contributed by atoms with Gasteiger partial charge in [-0.25, -0.2) is 9.48 Å². The number of alkyl halides is 3. The van der Waals surface area contributed by atoms with Crippen molar-refractivity contribution in [1.82, 2.24) is 19.2 Å². The fourth-order valence-electron chi connectivity index (χ4n) is 2.70. The van der Waals surface area contributed by atoms with E-state index in [9.17, 15) is 27.6 Å². The Morgan fingerprint density at radius 3 is 2.04 bits per heavy atom. The van der Waals surface area contributed by atoms with Crippen LogP contribution >= 0.6 is 0 Å². The highest BCUT2D eigenvalue weighted by atomic mass is 19.4. The van der Waals surface area contributed by atoms with E-state index in [1.165, 1.54) is 12.1 Å². The first-order valence-electron chi connectivity index (χ1n) is 7.38. The number of hydrogen-bond acceptors (Lipinski definition) is 4. The van der Waals surface area contributed by atoms with Crippen LogP contribution in [0.1, 0.15) is 33.0 Å². The molecule has 0 radical (unpaired) electrons. The van der Waals surface area contributed by atoms with Gasteiger partial charge in [0.2, 0.25) is 5.82 Å². The monoisotopic (exact) mass is 354 g/mol. The van der Waals surface area contributed by atoms with E-state index < -0.39 is 29.5 Å². The van der Waals surface area contributed by atoms with Crippen LogP contribution in [0.2, 0.25) is 0 Å². The van der Waals surface area contributed by atoms with Gasteiger partial charge in [-0.2, -0.15) is 13.2 Å². The van der Waals surface area contributed by atoms with Crippen LogP contribution in [0.5, 0.6) is 0 Å². The Bertz CT molecular complexity index is 878. The molecule has 0 aliphatic carbocycles. The number of amides is 2. The molecule has 132 valence electrons. The molecule has 3 rings (SSSR count). The largest absolute Gasteiger partial charge is 0.451 e. The first kappa shape index (κ1) is 16.9. The Hall–Kier alpha value is -2.91. The van der Waals surface area contributed by atoms with E-state index in [1.807, 2.05) is 0 Å². The molecule has 1 aliphatic heterocycles. The van der Waals surface area contributed by atoms with Gasteiger partial charge in [-0.15, -0.1) is 5.10 Å². The molecule has 0 unspecified atom stereocenters. The van der Waals surface area contributed by atoms with Crippen molar-refractivity contribution < 1.29 is 22.8 Å². The second-order valence-corrected chi connectivity index (χ2v) is 5.55. The zero-order valence-electron chi connectivity index (χ0n) is 13.1. The summed E-state index contributed by atoms with van der Waals surface area (Å²) in [6.07, 6.45) is -4.62. The van der Waals surface area contributed by atoms with E-state index in [2.05, 4.69) is 5.10 Å². The van der Waals surface area contributed by atoms with Gasteiger partial charge >= 0.3 is 11.9 Å². The molecule has 2 aromatic rings. The second kappa shape index (κ2) is 5.87. The smallest absolute Gasteiger partial charge is 0.274 e. The Balaban J connectivity index is 1.70. The van der Waals surface area contributed by atoms with Crippen molar-refractivity contribution in [2.75, 3.05) is 6.54 Å². The average Bonchev–Trinajstić information content (AvgIpc) is 2.98. The van der Waals surface area contributed by atoms with Gasteiger partial charge in [0.15, 0.2) is 0 Å². The molecule has 2 heterocycles. The van der Waals surface area contributed by atoms with Crippen LogP contribution < -0.4 is 5.69 Å². The summed E-state index contributed by atoms with van der Waals surface area (Å²) < 4.78 is 39.3. The molecule has 25 heavy (non-hydrogen) atoms. The zero-order valence-corrected chi connectivity index (χ0v) is 13.1. The van der Waals surface area contributed by atoms with Crippen LogP contribution in [0, 0.1) is 0 Å². The van der Waals surface area contributed by atoms with Crippen molar-refractivity contribution >= 4 is 11.8 Å². The maximum absolute atomic E-state index is 12.7. The lowest BCUT2D eigenvalue weighted by Crippen LogP contribution is -2.32. The molecule has 2 amide bonds. The summed E-state index contributed by atoms with van der Waals surface area (Å²) in [6, 6.07) is 6.35. The molecule has 0 N–H and O–H groups in total. The summed E-state index contributed by atoms with van der Waals surface area (Å²) in [4.78, 5) is 37.2. The maximum Gasteiger partial charge on any atom is 0.451 e. The molecule has 1 aliphatic rings. The highest BCUT2D eigenvalue weighted by molar-refractivity contribution is 6.21. The first-order chi connectivity index (χ1) is 11.7. The lowest BCUT2D eigenvalue weighted by Gasteiger charge is -2.13. The van der Waals surface area contributed by atoms with Gasteiger partial charge in [-0.3, -0.25) is 19.1 Å². The molecule has 0 saturated carbocycles. The third-order valence-corrected chi connectivity index (χ3v) is 3.92. The van der Waals surface area contributed by atoms with Crippen LogP contribution in [0.3, 0.4) is 0 Å². The fraction of sp³-hybridized carbons (Fsp3) is 0.333. The third kappa shape index (κ3) is 2.83. The van der Waals surface area contributed by atoms with E-state index in [0.717, 1.165) is 11.9 Å². The molecular formula is C15H13F3N4O3. The minimum atomic E-state index is -4.73. The highest BCUT2D eigenvalue weighted by Gasteiger charge is 2.38. The fourth-order valence-corrected chi connectivity index (χ4v) is 2.70. The summed E-state index contributed by atoms with van der Waals surface area (Å²) in [7, 11) is 0.985. The van der Waals surface area contributed by atoms with Gasteiger partial charge in [0, 0.05) is 20.1 Å². The van der Waals surface area contributed by atoms with E-state index in [0.29, 0.717) is 20.4 Å². The van der Waals surface area contributed by atoms with Gasteiger partial charge < -0.3 is 0 Å². The van der Waals surface area contributed by atoms with Gasteiger partial charge in [0.25, 0.3) is 11.8 Å². The predicted molar refractivity (Wildman–Crippen MR) is 78.9 cm³/mol. The summed E-state index contributed by atoms with van der Waals surface area (Å²) in [5.41, 5.74) is -0.321. The molecule has 10 heteroatoms. The quantitative estimate of drug-likeness (QED) is 0.775. The Kier molecular flexibility index (Phi) is 3.97. The zero-order chi connectivity index (χ0) is 18.4. The van der Waals surface area contributed by atoms with Crippen molar-refractivity contribution in [1.29, 1.82) is 0 Å². The van der Waals surface area contributed by atoms with Crippen LogP contribution in [0.4, 0.5) is 13.2 Å². The number of nitrogens with zero attached hydrogens (tertiary/aromatic N) is 4. The number of rotatable bonds is 4. The molecule has 0 saturated heterocycles. The molecule has 7 nitrogen and oxygen atoms in total. The SMILES string of the molecule is Cn1c(C(F)(F)F)nn(CCCN2C(=O)c3ccccc3C2=O)c1=O.